The minimum Gasteiger partial charge on any atom is -0.494 e. The molecule has 1 aromatic heterocycles. The Morgan fingerprint density at radius 3 is 2.74 bits per heavy atom. The van der Waals surface area contributed by atoms with Crippen LogP contribution in [0.15, 0.2) is 47.4 Å². The van der Waals surface area contributed by atoms with Crippen molar-refractivity contribution in [2.24, 2.45) is 0 Å². The van der Waals surface area contributed by atoms with E-state index in [0.717, 1.165) is 101 Å². The number of hydrogen-bond donors (Lipinski definition) is 1. The molecule has 0 saturated carbocycles. The number of aromatic nitrogens is 2. The molecule has 0 radical (unpaired) electrons. The zero-order valence-electron chi connectivity index (χ0n) is 20.7. The number of nitrogens with one attached hydrogen (secondary N) is 1. The topological polar surface area (TPSA) is 54.8 Å². The van der Waals surface area contributed by atoms with Gasteiger partial charge in [-0.05, 0) is 43.7 Å². The third kappa shape index (κ3) is 6.30. The summed E-state index contributed by atoms with van der Waals surface area (Å²) in [6, 6.07) is 14.8. The predicted octanol–water partition coefficient (Wildman–Crippen LogP) is 4.18. The molecular formula is C27H37N5O2S. The van der Waals surface area contributed by atoms with Crippen molar-refractivity contribution in [2.75, 3.05) is 70.2 Å². The third-order valence-electron chi connectivity index (χ3n) is 6.74. The SMILES string of the molecule is CCOCCn1c(CN2CCN(CCCOc3ccc4c(c3)SCCN4)CC2)nc2ccccc21. The van der Waals surface area contributed by atoms with Gasteiger partial charge >= 0.3 is 0 Å². The summed E-state index contributed by atoms with van der Waals surface area (Å²) in [6.07, 6.45) is 1.05. The molecule has 0 aliphatic carbocycles. The van der Waals surface area contributed by atoms with Crippen molar-refractivity contribution in [3.8, 4) is 5.75 Å². The molecule has 35 heavy (non-hydrogen) atoms. The number of benzene rings is 2. The van der Waals surface area contributed by atoms with Gasteiger partial charge in [-0.1, -0.05) is 12.1 Å². The molecule has 1 N–H and O–H groups in total. The minimum atomic E-state index is 0.723. The average Bonchev–Trinajstić information content (AvgIpc) is 3.24. The van der Waals surface area contributed by atoms with Gasteiger partial charge in [-0.3, -0.25) is 4.90 Å². The Balaban J connectivity index is 1.06. The van der Waals surface area contributed by atoms with Crippen LogP contribution in [0, 0.1) is 0 Å². The first-order valence-corrected chi connectivity index (χ1v) is 13.9. The van der Waals surface area contributed by atoms with Gasteiger partial charge in [-0.25, -0.2) is 4.98 Å². The molecule has 0 spiro atoms. The maximum atomic E-state index is 6.05. The highest BCUT2D eigenvalue weighted by Gasteiger charge is 2.20. The van der Waals surface area contributed by atoms with Gasteiger partial charge in [0.05, 0.1) is 30.8 Å². The molecule has 5 rings (SSSR count). The maximum absolute atomic E-state index is 6.05. The molecule has 0 amide bonds. The summed E-state index contributed by atoms with van der Waals surface area (Å²) in [7, 11) is 0. The van der Waals surface area contributed by atoms with Crippen LogP contribution in [0.3, 0.4) is 0 Å². The Labute approximate surface area is 212 Å². The molecular weight excluding hydrogens is 458 g/mol. The van der Waals surface area contributed by atoms with E-state index in [4.69, 9.17) is 14.5 Å². The van der Waals surface area contributed by atoms with Crippen LogP contribution in [0.2, 0.25) is 0 Å². The molecule has 1 fully saturated rings. The zero-order valence-corrected chi connectivity index (χ0v) is 21.6. The van der Waals surface area contributed by atoms with Crippen LogP contribution < -0.4 is 10.1 Å². The number of rotatable bonds is 11. The molecule has 3 aromatic rings. The van der Waals surface area contributed by atoms with Gasteiger partial charge in [0.1, 0.15) is 11.6 Å². The number of para-hydroxylation sites is 2. The van der Waals surface area contributed by atoms with Crippen LogP contribution >= 0.6 is 11.8 Å². The summed E-state index contributed by atoms with van der Waals surface area (Å²) >= 11 is 1.90. The van der Waals surface area contributed by atoms with E-state index in [-0.39, 0.29) is 0 Å². The lowest BCUT2D eigenvalue weighted by atomic mass is 10.2. The molecule has 2 aromatic carbocycles. The second-order valence-electron chi connectivity index (χ2n) is 9.12. The summed E-state index contributed by atoms with van der Waals surface area (Å²) in [5, 5.41) is 3.44. The largest absolute Gasteiger partial charge is 0.494 e. The van der Waals surface area contributed by atoms with Gasteiger partial charge < -0.3 is 24.3 Å². The summed E-state index contributed by atoms with van der Waals surface area (Å²) in [4.78, 5) is 11.3. The van der Waals surface area contributed by atoms with Crippen molar-refractivity contribution in [1.29, 1.82) is 0 Å². The number of imidazole rings is 1. The summed E-state index contributed by atoms with van der Waals surface area (Å²) in [5.41, 5.74) is 3.51. The van der Waals surface area contributed by atoms with Crippen LogP contribution in [0.25, 0.3) is 11.0 Å². The van der Waals surface area contributed by atoms with Crippen LogP contribution in [0.1, 0.15) is 19.2 Å². The summed E-state index contributed by atoms with van der Waals surface area (Å²) in [6.45, 7) is 12.5. The number of thioether (sulfide) groups is 1. The van der Waals surface area contributed by atoms with E-state index in [1.165, 1.54) is 16.1 Å². The molecule has 1 saturated heterocycles. The first kappa shape index (κ1) is 24.4. The van der Waals surface area contributed by atoms with Gasteiger partial charge in [0.25, 0.3) is 0 Å². The molecule has 0 bridgehead atoms. The lowest BCUT2D eigenvalue weighted by Gasteiger charge is -2.34. The lowest BCUT2D eigenvalue weighted by molar-refractivity contribution is 0.116. The highest BCUT2D eigenvalue weighted by molar-refractivity contribution is 7.99. The first-order chi connectivity index (χ1) is 17.3. The summed E-state index contributed by atoms with van der Waals surface area (Å²) < 4.78 is 14.0. The predicted molar refractivity (Wildman–Crippen MR) is 144 cm³/mol. The Morgan fingerprint density at radius 1 is 1.00 bits per heavy atom. The minimum absolute atomic E-state index is 0.723. The van der Waals surface area contributed by atoms with Crippen molar-refractivity contribution in [2.45, 2.75) is 31.3 Å². The monoisotopic (exact) mass is 495 g/mol. The standard InChI is InChI=1S/C27H37N5O2S/c1-2-33-18-16-32-25-7-4-3-6-23(25)29-27(32)21-31-14-12-30(13-15-31)11-5-17-34-22-8-9-24-26(20-22)35-19-10-28-24/h3-4,6-9,20,28H,2,5,10-19,21H2,1H3. The fraction of sp³-hybridized carbons (Fsp3) is 0.519. The molecule has 188 valence electrons. The Morgan fingerprint density at radius 2 is 1.86 bits per heavy atom. The number of nitrogens with zero attached hydrogens (tertiary/aromatic N) is 4. The number of anilines is 1. The van der Waals surface area contributed by atoms with E-state index in [0.29, 0.717) is 0 Å². The van der Waals surface area contributed by atoms with E-state index in [2.05, 4.69) is 62.1 Å². The summed E-state index contributed by atoms with van der Waals surface area (Å²) in [5.74, 6) is 3.25. The van der Waals surface area contributed by atoms with Gasteiger partial charge in [-0.15, -0.1) is 11.8 Å². The van der Waals surface area contributed by atoms with Gasteiger partial charge in [-0.2, -0.15) is 0 Å². The number of fused-ring (bicyclic) bond motifs is 2. The van der Waals surface area contributed by atoms with Crippen LogP contribution in [0.5, 0.6) is 5.75 Å². The molecule has 2 aliphatic rings. The first-order valence-electron chi connectivity index (χ1n) is 12.9. The van der Waals surface area contributed by atoms with E-state index >= 15 is 0 Å². The molecule has 0 unspecified atom stereocenters. The second kappa shape index (κ2) is 12.1. The Bertz CT molecular complexity index is 1100. The van der Waals surface area contributed by atoms with Crippen LogP contribution in [-0.2, 0) is 17.8 Å². The van der Waals surface area contributed by atoms with E-state index < -0.39 is 0 Å². The normalized spacial score (nSPS) is 16.8. The van der Waals surface area contributed by atoms with E-state index in [9.17, 15) is 0 Å². The second-order valence-corrected chi connectivity index (χ2v) is 10.3. The van der Waals surface area contributed by atoms with Crippen molar-refractivity contribution in [3.63, 3.8) is 0 Å². The molecule has 3 heterocycles. The maximum Gasteiger partial charge on any atom is 0.124 e. The van der Waals surface area contributed by atoms with E-state index in [1.54, 1.807) is 0 Å². The van der Waals surface area contributed by atoms with Crippen molar-refractivity contribution in [1.82, 2.24) is 19.4 Å². The fourth-order valence-electron chi connectivity index (χ4n) is 4.85. The molecule has 0 atom stereocenters. The Hall–Kier alpha value is -2.26. The van der Waals surface area contributed by atoms with Gasteiger partial charge in [0, 0.05) is 68.8 Å². The third-order valence-corrected chi connectivity index (χ3v) is 7.80. The highest BCUT2D eigenvalue weighted by atomic mass is 32.2. The average molecular weight is 496 g/mol. The zero-order chi connectivity index (χ0) is 23.9. The highest BCUT2D eigenvalue weighted by Crippen LogP contribution is 2.33. The number of piperazine rings is 1. The van der Waals surface area contributed by atoms with Crippen molar-refractivity contribution in [3.05, 3.63) is 48.3 Å². The lowest BCUT2D eigenvalue weighted by Crippen LogP contribution is -2.46. The molecule has 2 aliphatic heterocycles. The quantitative estimate of drug-likeness (QED) is 0.401. The number of ether oxygens (including phenoxy) is 2. The van der Waals surface area contributed by atoms with Crippen molar-refractivity contribution >= 4 is 28.5 Å². The molecule has 8 heteroatoms. The fourth-order valence-corrected chi connectivity index (χ4v) is 5.77. The smallest absolute Gasteiger partial charge is 0.124 e. The van der Waals surface area contributed by atoms with Gasteiger partial charge in [0.15, 0.2) is 0 Å². The molecule has 7 nitrogen and oxygen atoms in total. The van der Waals surface area contributed by atoms with Crippen LogP contribution in [0.4, 0.5) is 5.69 Å². The van der Waals surface area contributed by atoms with Crippen molar-refractivity contribution < 1.29 is 9.47 Å². The Kier molecular flexibility index (Phi) is 8.46. The van der Waals surface area contributed by atoms with Gasteiger partial charge in [0.2, 0.25) is 0 Å². The number of hydrogen-bond acceptors (Lipinski definition) is 7. The van der Waals surface area contributed by atoms with Crippen LogP contribution in [-0.4, -0.2) is 84.2 Å². The van der Waals surface area contributed by atoms with E-state index in [1.807, 2.05) is 18.7 Å².